The molecule has 0 unspecified atom stereocenters. The lowest BCUT2D eigenvalue weighted by atomic mass is 9.83. The minimum atomic E-state index is -4.33. The first-order chi connectivity index (χ1) is 12.8. The Bertz CT molecular complexity index is 807. The van der Waals surface area contributed by atoms with Crippen LogP contribution in [0.5, 0.6) is 0 Å². The van der Waals surface area contributed by atoms with Crippen LogP contribution in [0.2, 0.25) is 0 Å². The van der Waals surface area contributed by atoms with Gasteiger partial charge in [-0.05, 0) is 62.9 Å². The molecule has 0 radical (unpaired) electrons. The molecule has 2 aromatic rings. The van der Waals surface area contributed by atoms with Crippen molar-refractivity contribution in [3.8, 4) is 0 Å². The second kappa shape index (κ2) is 7.12. The number of hydrogen-bond acceptors (Lipinski definition) is 2. The van der Waals surface area contributed by atoms with E-state index in [1.165, 1.54) is 57.3 Å². The monoisotopic (exact) mass is 379 g/mol. The molecule has 4 rings (SSSR count). The maximum absolute atomic E-state index is 13.1. The quantitative estimate of drug-likeness (QED) is 0.708. The Labute approximate surface area is 158 Å². The SMILES string of the molecule is CC(C)c1nc2cc(C(F)(F)F)ccc2n1C[C@@H]1CCCN2CCCC[C@H]12. The van der Waals surface area contributed by atoms with Crippen molar-refractivity contribution in [2.75, 3.05) is 13.1 Å². The molecular formula is C21H28F3N3. The zero-order chi connectivity index (χ0) is 19.2. The first-order valence-electron chi connectivity index (χ1n) is 10.2. The maximum atomic E-state index is 13.1. The van der Waals surface area contributed by atoms with E-state index in [1.807, 2.05) is 0 Å². The standard InChI is InChI=1S/C21H28F3N3/c1-14(2)20-25-17-12-16(21(22,23)24)8-9-19(17)27(20)13-15-6-5-11-26-10-4-3-7-18(15)26/h8-9,12,14-15,18H,3-7,10-11,13H2,1-2H3/t15-,18+/m0/s1. The van der Waals surface area contributed by atoms with E-state index in [4.69, 9.17) is 0 Å². The summed E-state index contributed by atoms with van der Waals surface area (Å²) < 4.78 is 41.5. The van der Waals surface area contributed by atoms with Crippen molar-refractivity contribution in [3.05, 3.63) is 29.6 Å². The average molecular weight is 379 g/mol. The van der Waals surface area contributed by atoms with E-state index in [-0.39, 0.29) is 5.92 Å². The number of fused-ring (bicyclic) bond motifs is 2. The van der Waals surface area contributed by atoms with Crippen LogP contribution in [0, 0.1) is 5.92 Å². The van der Waals surface area contributed by atoms with Gasteiger partial charge >= 0.3 is 6.18 Å². The Hall–Kier alpha value is -1.56. The van der Waals surface area contributed by atoms with E-state index < -0.39 is 11.7 Å². The van der Waals surface area contributed by atoms with E-state index in [0.717, 1.165) is 17.9 Å². The predicted molar refractivity (Wildman–Crippen MR) is 101 cm³/mol. The number of piperidine rings is 2. The van der Waals surface area contributed by atoms with Crippen molar-refractivity contribution in [3.63, 3.8) is 0 Å². The molecular weight excluding hydrogens is 351 g/mol. The number of imidazole rings is 1. The average Bonchev–Trinajstić information content (AvgIpc) is 2.99. The number of rotatable bonds is 3. The molecule has 3 nitrogen and oxygen atoms in total. The molecule has 1 aromatic carbocycles. The van der Waals surface area contributed by atoms with Crippen LogP contribution in [0.3, 0.4) is 0 Å². The topological polar surface area (TPSA) is 21.1 Å². The highest BCUT2D eigenvalue weighted by Crippen LogP contribution is 2.35. The molecule has 0 N–H and O–H groups in total. The number of benzene rings is 1. The van der Waals surface area contributed by atoms with Crippen LogP contribution in [0.15, 0.2) is 18.2 Å². The summed E-state index contributed by atoms with van der Waals surface area (Å²) in [5.41, 5.74) is 0.676. The molecule has 2 aliphatic rings. The fourth-order valence-corrected chi connectivity index (χ4v) is 4.98. The van der Waals surface area contributed by atoms with E-state index in [0.29, 0.717) is 17.5 Å². The first kappa shape index (κ1) is 18.8. The Balaban J connectivity index is 1.70. The molecule has 3 heterocycles. The first-order valence-corrected chi connectivity index (χ1v) is 10.2. The molecule has 27 heavy (non-hydrogen) atoms. The van der Waals surface area contributed by atoms with Crippen molar-refractivity contribution >= 4 is 11.0 Å². The van der Waals surface area contributed by atoms with Gasteiger partial charge in [-0.3, -0.25) is 0 Å². The van der Waals surface area contributed by atoms with Gasteiger partial charge in [-0.2, -0.15) is 13.2 Å². The summed E-state index contributed by atoms with van der Waals surface area (Å²) in [6.45, 7) is 7.37. The van der Waals surface area contributed by atoms with Crippen LogP contribution < -0.4 is 0 Å². The molecule has 2 fully saturated rings. The molecule has 0 amide bonds. The van der Waals surface area contributed by atoms with E-state index in [1.54, 1.807) is 6.07 Å². The Morgan fingerprint density at radius 1 is 1.11 bits per heavy atom. The fourth-order valence-electron chi connectivity index (χ4n) is 4.98. The minimum absolute atomic E-state index is 0.179. The smallest absolute Gasteiger partial charge is 0.327 e. The van der Waals surface area contributed by atoms with Crippen molar-refractivity contribution < 1.29 is 13.2 Å². The lowest BCUT2D eigenvalue weighted by Crippen LogP contribution is -2.49. The number of hydrogen-bond donors (Lipinski definition) is 0. The summed E-state index contributed by atoms with van der Waals surface area (Å²) in [6, 6.07) is 4.61. The van der Waals surface area contributed by atoms with Gasteiger partial charge in [0.05, 0.1) is 16.6 Å². The predicted octanol–water partition coefficient (Wildman–Crippen LogP) is 5.44. The molecule has 0 saturated carbocycles. The van der Waals surface area contributed by atoms with Crippen molar-refractivity contribution in [2.24, 2.45) is 5.92 Å². The van der Waals surface area contributed by atoms with Crippen LogP contribution >= 0.6 is 0 Å². The zero-order valence-corrected chi connectivity index (χ0v) is 16.1. The van der Waals surface area contributed by atoms with Gasteiger partial charge in [-0.25, -0.2) is 4.98 Å². The van der Waals surface area contributed by atoms with Gasteiger partial charge in [0.25, 0.3) is 0 Å². The second-order valence-electron chi connectivity index (χ2n) is 8.44. The van der Waals surface area contributed by atoms with Gasteiger partial charge < -0.3 is 9.47 Å². The molecule has 148 valence electrons. The van der Waals surface area contributed by atoms with Crippen LogP contribution in [-0.2, 0) is 12.7 Å². The molecule has 1 aromatic heterocycles. The number of alkyl halides is 3. The summed E-state index contributed by atoms with van der Waals surface area (Å²) >= 11 is 0. The third kappa shape index (κ3) is 3.60. The van der Waals surface area contributed by atoms with E-state index >= 15 is 0 Å². The minimum Gasteiger partial charge on any atom is -0.327 e. The lowest BCUT2D eigenvalue weighted by Gasteiger charge is -2.44. The largest absolute Gasteiger partial charge is 0.416 e. The van der Waals surface area contributed by atoms with Crippen LogP contribution in [0.1, 0.15) is 63.3 Å². The number of nitrogens with zero attached hydrogens (tertiary/aromatic N) is 3. The van der Waals surface area contributed by atoms with Crippen LogP contribution in [0.4, 0.5) is 13.2 Å². The fraction of sp³-hybridized carbons (Fsp3) is 0.667. The van der Waals surface area contributed by atoms with E-state index in [9.17, 15) is 13.2 Å². The third-order valence-corrected chi connectivity index (χ3v) is 6.27. The normalized spacial score (nSPS) is 24.5. The summed E-state index contributed by atoms with van der Waals surface area (Å²) in [5.74, 6) is 1.63. The number of aromatic nitrogens is 2. The maximum Gasteiger partial charge on any atom is 0.416 e. The van der Waals surface area contributed by atoms with Gasteiger partial charge in [0.1, 0.15) is 5.82 Å². The molecule has 2 aliphatic heterocycles. The number of halogens is 3. The van der Waals surface area contributed by atoms with E-state index in [2.05, 4.69) is 28.3 Å². The summed E-state index contributed by atoms with van der Waals surface area (Å²) in [7, 11) is 0. The van der Waals surface area contributed by atoms with Gasteiger partial charge in [0.2, 0.25) is 0 Å². The van der Waals surface area contributed by atoms with Crippen molar-refractivity contribution in [2.45, 2.75) is 70.6 Å². The molecule has 2 saturated heterocycles. The zero-order valence-electron chi connectivity index (χ0n) is 16.1. The third-order valence-electron chi connectivity index (χ3n) is 6.27. The van der Waals surface area contributed by atoms with Gasteiger partial charge in [0, 0.05) is 18.5 Å². The summed E-state index contributed by atoms with van der Waals surface area (Å²) in [6.07, 6.45) is 1.89. The highest BCUT2D eigenvalue weighted by atomic mass is 19.4. The van der Waals surface area contributed by atoms with Crippen molar-refractivity contribution in [1.29, 1.82) is 0 Å². The van der Waals surface area contributed by atoms with Crippen LogP contribution in [0.25, 0.3) is 11.0 Å². The molecule has 0 bridgehead atoms. The summed E-state index contributed by atoms with van der Waals surface area (Å²) in [4.78, 5) is 7.24. The Morgan fingerprint density at radius 2 is 1.89 bits per heavy atom. The molecule has 6 heteroatoms. The van der Waals surface area contributed by atoms with Crippen molar-refractivity contribution in [1.82, 2.24) is 14.5 Å². The molecule has 0 aliphatic carbocycles. The van der Waals surface area contributed by atoms with Gasteiger partial charge in [0.15, 0.2) is 0 Å². The highest BCUT2D eigenvalue weighted by Gasteiger charge is 2.34. The van der Waals surface area contributed by atoms with Gasteiger partial charge in [-0.15, -0.1) is 0 Å². The van der Waals surface area contributed by atoms with Crippen LogP contribution in [-0.4, -0.2) is 33.6 Å². The summed E-state index contributed by atoms with van der Waals surface area (Å²) in [5, 5.41) is 0. The Kier molecular flexibility index (Phi) is 4.95. The second-order valence-corrected chi connectivity index (χ2v) is 8.44. The molecule has 0 spiro atoms. The highest BCUT2D eigenvalue weighted by molar-refractivity contribution is 5.77. The van der Waals surface area contributed by atoms with Gasteiger partial charge in [-0.1, -0.05) is 20.3 Å². The molecule has 2 atom stereocenters. The Morgan fingerprint density at radius 3 is 2.63 bits per heavy atom. The lowest BCUT2D eigenvalue weighted by molar-refractivity contribution is -0.137.